The second-order valence-electron chi connectivity index (χ2n) is 4.54. The van der Waals surface area contributed by atoms with Crippen LogP contribution in [0.2, 0.25) is 5.02 Å². The van der Waals surface area contributed by atoms with Crippen LogP contribution in [0.5, 0.6) is 0 Å². The Morgan fingerprint density at radius 1 is 1.20 bits per heavy atom. The summed E-state index contributed by atoms with van der Waals surface area (Å²) in [5.41, 5.74) is 1.86. The van der Waals surface area contributed by atoms with Gasteiger partial charge in [0, 0.05) is 11.6 Å². The number of hydrogen-bond acceptors (Lipinski definition) is 2. The van der Waals surface area contributed by atoms with Crippen LogP contribution in [0.25, 0.3) is 0 Å². The third kappa shape index (κ3) is 4.30. The van der Waals surface area contributed by atoms with E-state index in [4.69, 9.17) is 16.3 Å². The maximum atomic E-state index is 13.3. The van der Waals surface area contributed by atoms with Gasteiger partial charge in [0.25, 0.3) is 0 Å². The predicted octanol–water partition coefficient (Wildman–Crippen LogP) is 3.96. The summed E-state index contributed by atoms with van der Waals surface area (Å²) in [6, 6.07) is 14.0. The smallest absolute Gasteiger partial charge is 0.123 e. The third-order valence-corrected chi connectivity index (χ3v) is 3.23. The minimum absolute atomic E-state index is 0.189. The fraction of sp³-hybridized carbons (Fsp3) is 0.250. The molecule has 2 aromatic rings. The van der Waals surface area contributed by atoms with E-state index in [1.165, 1.54) is 12.1 Å². The van der Waals surface area contributed by atoms with Crippen LogP contribution in [0, 0.1) is 5.82 Å². The van der Waals surface area contributed by atoms with E-state index in [1.807, 2.05) is 37.4 Å². The summed E-state index contributed by atoms with van der Waals surface area (Å²) in [4.78, 5) is 0. The molecular weight excluding hydrogens is 277 g/mol. The number of hydrogen-bond donors (Lipinski definition) is 1. The van der Waals surface area contributed by atoms with Crippen LogP contribution >= 0.6 is 11.6 Å². The van der Waals surface area contributed by atoms with Gasteiger partial charge in [-0.25, -0.2) is 4.39 Å². The molecule has 0 saturated heterocycles. The molecule has 106 valence electrons. The average molecular weight is 294 g/mol. The minimum Gasteiger partial charge on any atom is -0.368 e. The van der Waals surface area contributed by atoms with Gasteiger partial charge in [-0.15, -0.1) is 0 Å². The maximum absolute atomic E-state index is 13.3. The summed E-state index contributed by atoms with van der Waals surface area (Å²) in [5, 5.41) is 3.76. The first-order valence-electron chi connectivity index (χ1n) is 6.45. The number of benzene rings is 2. The van der Waals surface area contributed by atoms with Crippen molar-refractivity contribution >= 4 is 11.6 Å². The molecule has 0 bridgehead atoms. The quantitative estimate of drug-likeness (QED) is 0.870. The Bertz CT molecular complexity index is 544. The number of halogens is 2. The molecule has 0 fully saturated rings. The first-order chi connectivity index (χ1) is 9.69. The highest BCUT2D eigenvalue weighted by molar-refractivity contribution is 6.30. The van der Waals surface area contributed by atoms with Crippen LogP contribution in [0.15, 0.2) is 48.5 Å². The molecule has 0 saturated carbocycles. The molecule has 0 aliphatic carbocycles. The highest BCUT2D eigenvalue weighted by Gasteiger charge is 2.12. The first kappa shape index (κ1) is 15.0. The summed E-state index contributed by atoms with van der Waals surface area (Å²) >= 11 is 5.84. The molecule has 1 N–H and O–H groups in total. The van der Waals surface area contributed by atoms with Crippen LogP contribution in [0.3, 0.4) is 0 Å². The summed E-state index contributed by atoms with van der Waals surface area (Å²) in [5.74, 6) is -0.251. The SMILES string of the molecule is CNCC(OCc1ccc(Cl)cc1)c1cccc(F)c1. The first-order valence-corrected chi connectivity index (χ1v) is 6.83. The van der Waals surface area contributed by atoms with Gasteiger partial charge in [-0.3, -0.25) is 0 Å². The Morgan fingerprint density at radius 3 is 2.60 bits per heavy atom. The van der Waals surface area contributed by atoms with Crippen LogP contribution in [0.1, 0.15) is 17.2 Å². The van der Waals surface area contributed by atoms with Crippen molar-refractivity contribution < 1.29 is 9.13 Å². The van der Waals surface area contributed by atoms with E-state index in [-0.39, 0.29) is 11.9 Å². The molecule has 0 aromatic heterocycles. The minimum atomic E-state index is -0.251. The molecular formula is C16H17ClFNO. The third-order valence-electron chi connectivity index (χ3n) is 2.97. The zero-order valence-corrected chi connectivity index (χ0v) is 12.0. The highest BCUT2D eigenvalue weighted by atomic mass is 35.5. The molecule has 1 unspecified atom stereocenters. The molecule has 1 atom stereocenters. The molecule has 2 nitrogen and oxygen atoms in total. The summed E-state index contributed by atoms with van der Waals surface area (Å²) in [7, 11) is 1.85. The Morgan fingerprint density at radius 2 is 1.95 bits per heavy atom. The Kier molecular flexibility index (Phi) is 5.53. The van der Waals surface area contributed by atoms with Gasteiger partial charge >= 0.3 is 0 Å². The molecule has 20 heavy (non-hydrogen) atoms. The largest absolute Gasteiger partial charge is 0.368 e. The topological polar surface area (TPSA) is 21.3 Å². The van der Waals surface area contributed by atoms with Gasteiger partial charge in [-0.05, 0) is 42.4 Å². The Labute approximate surface area is 123 Å². The van der Waals surface area contributed by atoms with Crippen molar-refractivity contribution in [3.63, 3.8) is 0 Å². The monoisotopic (exact) mass is 293 g/mol. The van der Waals surface area contributed by atoms with Crippen molar-refractivity contribution in [3.05, 3.63) is 70.5 Å². The molecule has 0 aliphatic rings. The maximum Gasteiger partial charge on any atom is 0.123 e. The van der Waals surface area contributed by atoms with Crippen molar-refractivity contribution in [1.29, 1.82) is 0 Å². The standard InChI is InChI=1S/C16H17ClFNO/c1-19-10-16(13-3-2-4-15(18)9-13)20-11-12-5-7-14(17)8-6-12/h2-9,16,19H,10-11H2,1H3. The second-order valence-corrected chi connectivity index (χ2v) is 4.98. The van der Waals surface area contributed by atoms with Crippen molar-refractivity contribution in [2.24, 2.45) is 0 Å². The molecule has 0 aliphatic heterocycles. The van der Waals surface area contributed by atoms with E-state index in [0.29, 0.717) is 18.2 Å². The summed E-state index contributed by atoms with van der Waals surface area (Å²) < 4.78 is 19.2. The van der Waals surface area contributed by atoms with Gasteiger partial charge in [-0.1, -0.05) is 35.9 Å². The van der Waals surface area contributed by atoms with Gasteiger partial charge < -0.3 is 10.1 Å². The predicted molar refractivity (Wildman–Crippen MR) is 79.3 cm³/mol. The lowest BCUT2D eigenvalue weighted by molar-refractivity contribution is 0.0409. The van der Waals surface area contributed by atoms with E-state index in [2.05, 4.69) is 5.32 Å². The molecule has 2 rings (SSSR count). The van der Waals surface area contributed by atoms with Crippen LogP contribution in [0.4, 0.5) is 4.39 Å². The average Bonchev–Trinajstić information content (AvgIpc) is 2.45. The number of likely N-dealkylation sites (N-methyl/N-ethyl adjacent to an activating group) is 1. The van der Waals surface area contributed by atoms with E-state index in [0.717, 1.165) is 11.1 Å². The van der Waals surface area contributed by atoms with Gasteiger partial charge in [-0.2, -0.15) is 0 Å². The van der Waals surface area contributed by atoms with E-state index >= 15 is 0 Å². The number of ether oxygens (including phenoxy) is 1. The van der Waals surface area contributed by atoms with Gasteiger partial charge in [0.2, 0.25) is 0 Å². The van der Waals surface area contributed by atoms with Crippen molar-refractivity contribution in [3.8, 4) is 0 Å². The van der Waals surface area contributed by atoms with Gasteiger partial charge in [0.15, 0.2) is 0 Å². The van der Waals surface area contributed by atoms with Crippen molar-refractivity contribution in [2.75, 3.05) is 13.6 Å². The molecule has 2 aromatic carbocycles. The zero-order valence-electron chi connectivity index (χ0n) is 11.3. The Hall–Kier alpha value is -1.42. The zero-order chi connectivity index (χ0) is 14.4. The Balaban J connectivity index is 2.04. The second kappa shape index (κ2) is 7.39. The van der Waals surface area contributed by atoms with Crippen LogP contribution in [-0.4, -0.2) is 13.6 Å². The van der Waals surface area contributed by atoms with Gasteiger partial charge in [0.05, 0.1) is 12.7 Å². The van der Waals surface area contributed by atoms with Gasteiger partial charge in [0.1, 0.15) is 5.82 Å². The number of nitrogens with one attached hydrogen (secondary N) is 1. The van der Waals surface area contributed by atoms with Crippen molar-refractivity contribution in [1.82, 2.24) is 5.32 Å². The normalized spacial score (nSPS) is 12.3. The summed E-state index contributed by atoms with van der Waals surface area (Å²) in [6.45, 7) is 1.08. The molecule has 0 heterocycles. The number of rotatable bonds is 6. The van der Waals surface area contributed by atoms with Crippen LogP contribution in [-0.2, 0) is 11.3 Å². The van der Waals surface area contributed by atoms with Crippen molar-refractivity contribution in [2.45, 2.75) is 12.7 Å². The van der Waals surface area contributed by atoms with E-state index < -0.39 is 0 Å². The molecule has 0 amide bonds. The fourth-order valence-corrected chi connectivity index (χ4v) is 2.07. The lowest BCUT2D eigenvalue weighted by Gasteiger charge is -2.18. The molecule has 0 radical (unpaired) electrons. The van der Waals surface area contributed by atoms with E-state index in [1.54, 1.807) is 6.07 Å². The lowest BCUT2D eigenvalue weighted by atomic mass is 10.1. The fourth-order valence-electron chi connectivity index (χ4n) is 1.94. The molecule has 0 spiro atoms. The lowest BCUT2D eigenvalue weighted by Crippen LogP contribution is -2.19. The summed E-state index contributed by atoms with van der Waals surface area (Å²) in [6.07, 6.45) is -0.189. The highest BCUT2D eigenvalue weighted by Crippen LogP contribution is 2.20. The van der Waals surface area contributed by atoms with Crippen LogP contribution < -0.4 is 5.32 Å². The molecule has 4 heteroatoms. The van der Waals surface area contributed by atoms with E-state index in [9.17, 15) is 4.39 Å².